The van der Waals surface area contributed by atoms with Crippen LogP contribution in [0.1, 0.15) is 26.7 Å². The molecule has 0 saturated carbocycles. The van der Waals surface area contributed by atoms with Crippen LogP contribution in [0.25, 0.3) is 0 Å². The molecule has 2 N–H and O–H groups in total. The van der Waals surface area contributed by atoms with E-state index in [-0.39, 0.29) is 0 Å². The lowest BCUT2D eigenvalue weighted by molar-refractivity contribution is 0.152. The molecule has 18 heavy (non-hydrogen) atoms. The van der Waals surface area contributed by atoms with Gasteiger partial charge in [0.25, 0.3) is 0 Å². The Morgan fingerprint density at radius 3 is 2.89 bits per heavy atom. The predicted molar refractivity (Wildman–Crippen MR) is 76.1 cm³/mol. The summed E-state index contributed by atoms with van der Waals surface area (Å²) in [4.78, 5) is 6.75. The van der Waals surface area contributed by atoms with E-state index in [1.165, 1.54) is 19.4 Å². The smallest absolute Gasteiger partial charge is 0.191 e. The largest absolute Gasteiger partial charge is 0.380 e. The summed E-state index contributed by atoms with van der Waals surface area (Å²) in [7, 11) is 1.81. The van der Waals surface area contributed by atoms with Crippen LogP contribution >= 0.6 is 0 Å². The first kappa shape index (κ1) is 15.2. The van der Waals surface area contributed by atoms with Gasteiger partial charge in [-0.3, -0.25) is 9.89 Å². The van der Waals surface area contributed by atoms with Gasteiger partial charge in [0.05, 0.1) is 6.61 Å². The summed E-state index contributed by atoms with van der Waals surface area (Å²) in [6.07, 6.45) is 2.60. The number of likely N-dealkylation sites (N-methyl/N-ethyl adjacent to an activating group) is 1. The van der Waals surface area contributed by atoms with E-state index in [1.807, 2.05) is 14.0 Å². The van der Waals surface area contributed by atoms with Crippen LogP contribution in [0.2, 0.25) is 0 Å². The second-order valence-electron chi connectivity index (χ2n) is 4.50. The van der Waals surface area contributed by atoms with Gasteiger partial charge in [0.15, 0.2) is 5.96 Å². The van der Waals surface area contributed by atoms with E-state index in [1.54, 1.807) is 0 Å². The first-order chi connectivity index (χ1) is 8.81. The number of likely N-dealkylation sites (tertiary alicyclic amines) is 1. The van der Waals surface area contributed by atoms with Gasteiger partial charge >= 0.3 is 0 Å². The van der Waals surface area contributed by atoms with Crippen molar-refractivity contribution < 1.29 is 4.74 Å². The molecule has 0 aromatic carbocycles. The molecule has 0 spiro atoms. The molecule has 0 amide bonds. The average Bonchev–Trinajstić information content (AvgIpc) is 2.85. The second kappa shape index (κ2) is 9.16. The van der Waals surface area contributed by atoms with Gasteiger partial charge in [-0.2, -0.15) is 0 Å². The van der Waals surface area contributed by atoms with Crippen molar-refractivity contribution in [1.29, 1.82) is 0 Å². The molecule has 1 heterocycles. The van der Waals surface area contributed by atoms with E-state index in [9.17, 15) is 0 Å². The van der Waals surface area contributed by atoms with Crippen molar-refractivity contribution in [2.24, 2.45) is 4.99 Å². The SMILES string of the molecule is CCOCCNC(=NC)NCC1CCCN1CC. The maximum atomic E-state index is 5.29. The maximum absolute atomic E-state index is 5.29. The number of aliphatic imine (C=N–C) groups is 1. The van der Waals surface area contributed by atoms with Crippen LogP contribution in [0.15, 0.2) is 4.99 Å². The van der Waals surface area contributed by atoms with E-state index in [2.05, 4.69) is 27.4 Å². The minimum absolute atomic E-state index is 0.653. The van der Waals surface area contributed by atoms with Crippen LogP contribution in [0.5, 0.6) is 0 Å². The van der Waals surface area contributed by atoms with Gasteiger partial charge in [0, 0.05) is 32.8 Å². The molecule has 1 fully saturated rings. The number of nitrogens with one attached hydrogen (secondary N) is 2. The van der Waals surface area contributed by atoms with Crippen molar-refractivity contribution in [3.63, 3.8) is 0 Å². The third-order valence-corrected chi connectivity index (χ3v) is 3.38. The molecule has 0 bridgehead atoms. The zero-order valence-electron chi connectivity index (χ0n) is 12.0. The van der Waals surface area contributed by atoms with Crippen molar-refractivity contribution in [3.05, 3.63) is 0 Å². The van der Waals surface area contributed by atoms with E-state index in [0.717, 1.165) is 38.8 Å². The van der Waals surface area contributed by atoms with Crippen molar-refractivity contribution in [1.82, 2.24) is 15.5 Å². The lowest BCUT2D eigenvalue weighted by Crippen LogP contribution is -2.45. The van der Waals surface area contributed by atoms with Crippen molar-refractivity contribution in [2.75, 3.05) is 46.4 Å². The zero-order valence-corrected chi connectivity index (χ0v) is 12.0. The quantitative estimate of drug-likeness (QED) is 0.399. The molecular formula is C13H28N4O. The summed E-state index contributed by atoms with van der Waals surface area (Å²) in [5, 5.41) is 6.65. The van der Waals surface area contributed by atoms with E-state index in [0.29, 0.717) is 6.04 Å². The first-order valence-corrected chi connectivity index (χ1v) is 7.08. The Morgan fingerprint density at radius 1 is 1.39 bits per heavy atom. The Balaban J connectivity index is 2.18. The number of hydrogen-bond donors (Lipinski definition) is 2. The molecule has 1 rings (SSSR count). The highest BCUT2D eigenvalue weighted by molar-refractivity contribution is 5.79. The van der Waals surface area contributed by atoms with Crippen LogP contribution < -0.4 is 10.6 Å². The minimum Gasteiger partial charge on any atom is -0.380 e. The number of rotatable bonds is 7. The van der Waals surface area contributed by atoms with Gasteiger partial charge in [-0.25, -0.2) is 0 Å². The predicted octanol–water partition coefficient (Wildman–Crippen LogP) is 0.672. The summed E-state index contributed by atoms with van der Waals surface area (Å²) in [5.41, 5.74) is 0. The molecule has 1 saturated heterocycles. The Kier molecular flexibility index (Phi) is 7.76. The van der Waals surface area contributed by atoms with Crippen LogP contribution in [0.3, 0.4) is 0 Å². The molecule has 1 aliphatic heterocycles. The topological polar surface area (TPSA) is 48.9 Å². The summed E-state index contributed by atoms with van der Waals surface area (Å²) >= 11 is 0. The second-order valence-corrected chi connectivity index (χ2v) is 4.50. The Morgan fingerprint density at radius 2 is 2.22 bits per heavy atom. The molecule has 1 atom stereocenters. The average molecular weight is 256 g/mol. The van der Waals surface area contributed by atoms with E-state index < -0.39 is 0 Å². The minimum atomic E-state index is 0.653. The number of guanidine groups is 1. The van der Waals surface area contributed by atoms with Crippen LogP contribution in [-0.2, 0) is 4.74 Å². The molecule has 1 unspecified atom stereocenters. The van der Waals surface area contributed by atoms with Gasteiger partial charge in [0.2, 0.25) is 0 Å². The van der Waals surface area contributed by atoms with Crippen LogP contribution in [0.4, 0.5) is 0 Å². The number of hydrogen-bond acceptors (Lipinski definition) is 3. The maximum Gasteiger partial charge on any atom is 0.191 e. The highest BCUT2D eigenvalue weighted by Crippen LogP contribution is 2.15. The summed E-state index contributed by atoms with van der Waals surface area (Å²) in [6, 6.07) is 0.653. The monoisotopic (exact) mass is 256 g/mol. The van der Waals surface area contributed by atoms with Gasteiger partial charge in [0.1, 0.15) is 0 Å². The molecule has 0 aromatic heterocycles. The zero-order chi connectivity index (χ0) is 13.2. The van der Waals surface area contributed by atoms with Crippen molar-refractivity contribution in [3.8, 4) is 0 Å². The van der Waals surface area contributed by atoms with Gasteiger partial charge in [-0.05, 0) is 32.9 Å². The summed E-state index contributed by atoms with van der Waals surface area (Å²) in [6.45, 7) is 9.88. The third-order valence-electron chi connectivity index (χ3n) is 3.38. The Hall–Kier alpha value is -0.810. The standard InChI is InChI=1S/C13H28N4O/c1-4-17-9-6-7-12(17)11-16-13(14-3)15-8-10-18-5-2/h12H,4-11H2,1-3H3,(H2,14,15,16). The summed E-state index contributed by atoms with van der Waals surface area (Å²) in [5.74, 6) is 0.873. The van der Waals surface area contributed by atoms with Gasteiger partial charge < -0.3 is 15.4 Å². The molecule has 5 heteroatoms. The Bertz CT molecular complexity index is 245. The van der Waals surface area contributed by atoms with Crippen molar-refractivity contribution in [2.45, 2.75) is 32.7 Å². The van der Waals surface area contributed by atoms with E-state index in [4.69, 9.17) is 4.74 Å². The fraction of sp³-hybridized carbons (Fsp3) is 0.923. The van der Waals surface area contributed by atoms with Gasteiger partial charge in [-0.15, -0.1) is 0 Å². The Labute approximate surface area is 111 Å². The fourth-order valence-electron chi connectivity index (χ4n) is 2.36. The third kappa shape index (κ3) is 5.23. The first-order valence-electron chi connectivity index (χ1n) is 7.08. The molecular weight excluding hydrogens is 228 g/mol. The molecule has 0 radical (unpaired) electrons. The summed E-state index contributed by atoms with van der Waals surface area (Å²) < 4.78 is 5.29. The van der Waals surface area contributed by atoms with Crippen LogP contribution in [0, 0.1) is 0 Å². The molecule has 106 valence electrons. The number of nitrogens with zero attached hydrogens (tertiary/aromatic N) is 2. The molecule has 5 nitrogen and oxygen atoms in total. The lowest BCUT2D eigenvalue weighted by Gasteiger charge is -2.23. The van der Waals surface area contributed by atoms with Crippen molar-refractivity contribution >= 4 is 5.96 Å². The lowest BCUT2D eigenvalue weighted by atomic mass is 10.2. The molecule has 0 aliphatic carbocycles. The fourth-order valence-corrected chi connectivity index (χ4v) is 2.36. The normalized spacial score (nSPS) is 21.3. The van der Waals surface area contributed by atoms with Gasteiger partial charge in [-0.1, -0.05) is 6.92 Å². The van der Waals surface area contributed by atoms with Crippen LogP contribution in [-0.4, -0.2) is 63.3 Å². The highest BCUT2D eigenvalue weighted by atomic mass is 16.5. The van der Waals surface area contributed by atoms with E-state index >= 15 is 0 Å². The highest BCUT2D eigenvalue weighted by Gasteiger charge is 2.22. The molecule has 0 aromatic rings. The molecule has 1 aliphatic rings. The number of ether oxygens (including phenoxy) is 1.